The molecule has 0 aliphatic carbocycles. The van der Waals surface area contributed by atoms with Crippen LogP contribution in [0.5, 0.6) is 0 Å². The molecule has 0 fully saturated rings. The molecular formula is C8H20N3O3+. The van der Waals surface area contributed by atoms with Gasteiger partial charge in [-0.15, -0.1) is 0 Å². The van der Waals surface area contributed by atoms with Crippen LogP contribution in [0, 0.1) is 4.91 Å². The molecule has 0 amide bonds. The summed E-state index contributed by atoms with van der Waals surface area (Å²) >= 11 is 0. The van der Waals surface area contributed by atoms with Crippen molar-refractivity contribution in [2.45, 2.75) is 38.9 Å². The molecule has 6 nitrogen and oxygen atoms in total. The normalized spacial score (nSPS) is 14.6. The van der Waals surface area contributed by atoms with Gasteiger partial charge in [-0.3, -0.25) is 0 Å². The lowest BCUT2D eigenvalue weighted by Gasteiger charge is -2.05. The van der Waals surface area contributed by atoms with Crippen LogP contribution in [0.4, 0.5) is 0 Å². The molecule has 0 spiro atoms. The Balaban J connectivity index is 3.63. The molecule has 0 heterocycles. The van der Waals surface area contributed by atoms with Crippen molar-refractivity contribution in [2.75, 3.05) is 13.1 Å². The largest absolute Gasteiger partial charge is 0.478 e. The third kappa shape index (κ3) is 6.62. The predicted molar refractivity (Wildman–Crippen MR) is 52.1 cm³/mol. The zero-order chi connectivity index (χ0) is 11.0. The third-order valence-corrected chi connectivity index (χ3v) is 1.68. The fraction of sp³-hybridized carbons (Fsp3) is 1.00. The van der Waals surface area contributed by atoms with Crippen LogP contribution >= 0.6 is 0 Å². The van der Waals surface area contributed by atoms with Crippen LogP contribution in [0.3, 0.4) is 0 Å². The fourth-order valence-electron chi connectivity index (χ4n) is 0.894. The minimum absolute atomic E-state index is 0.140. The van der Waals surface area contributed by atoms with E-state index in [1.165, 1.54) is 0 Å². The highest BCUT2D eigenvalue weighted by Crippen LogP contribution is 2.01. The average Bonchev–Trinajstić information content (AvgIpc) is 2.03. The average molecular weight is 206 g/mol. The van der Waals surface area contributed by atoms with E-state index in [2.05, 4.69) is 0 Å². The summed E-state index contributed by atoms with van der Waals surface area (Å²) in [6, 6.07) is 0. The van der Waals surface area contributed by atoms with Crippen LogP contribution in [0.2, 0.25) is 0 Å². The quantitative estimate of drug-likeness (QED) is 0.550. The van der Waals surface area contributed by atoms with Gasteiger partial charge in [-0.2, -0.15) is 9.68 Å². The predicted octanol–water partition coefficient (Wildman–Crippen LogP) is 0.103. The van der Waals surface area contributed by atoms with Gasteiger partial charge in [-0.05, 0) is 26.9 Å². The van der Waals surface area contributed by atoms with Gasteiger partial charge in [0.15, 0.2) is 12.2 Å². The second kappa shape index (κ2) is 7.52. The molecule has 0 bridgehead atoms. The van der Waals surface area contributed by atoms with Gasteiger partial charge in [-0.25, -0.2) is 0 Å². The van der Waals surface area contributed by atoms with E-state index >= 15 is 0 Å². The lowest BCUT2D eigenvalue weighted by atomic mass is 10.3. The van der Waals surface area contributed by atoms with E-state index in [1.54, 1.807) is 13.8 Å². The molecule has 84 valence electrons. The van der Waals surface area contributed by atoms with Gasteiger partial charge >= 0.3 is 5.09 Å². The minimum Gasteiger partial charge on any atom is -0.330 e. The molecule has 0 saturated carbocycles. The summed E-state index contributed by atoms with van der Waals surface area (Å²) in [6.07, 6.45) is 0.769. The van der Waals surface area contributed by atoms with E-state index in [4.69, 9.17) is 21.1 Å². The molecule has 2 atom stereocenters. The van der Waals surface area contributed by atoms with Crippen molar-refractivity contribution in [3.63, 3.8) is 0 Å². The summed E-state index contributed by atoms with van der Waals surface area (Å²) in [5.74, 6) is 0. The molecule has 0 aliphatic rings. The fourth-order valence-corrected chi connectivity index (χ4v) is 0.894. The molecule has 0 aromatic carbocycles. The topological polar surface area (TPSA) is 90.6 Å². The van der Waals surface area contributed by atoms with Gasteiger partial charge in [-0.1, -0.05) is 0 Å². The van der Waals surface area contributed by atoms with E-state index in [-0.39, 0.29) is 17.3 Å². The monoisotopic (exact) mass is 206 g/mol. The van der Waals surface area contributed by atoms with E-state index in [1.807, 2.05) is 0 Å². The van der Waals surface area contributed by atoms with Crippen LogP contribution in [0.25, 0.3) is 0 Å². The zero-order valence-corrected chi connectivity index (χ0v) is 8.81. The van der Waals surface area contributed by atoms with Crippen molar-refractivity contribution in [3.8, 4) is 0 Å². The molecule has 0 radical (unpaired) electrons. The Hall–Kier alpha value is -0.880. The lowest BCUT2D eigenvalue weighted by molar-refractivity contribution is -0.992. The highest BCUT2D eigenvalue weighted by Gasteiger charge is 2.21. The lowest BCUT2D eigenvalue weighted by Crippen LogP contribution is -2.25. The van der Waals surface area contributed by atoms with Crippen LogP contribution in [-0.4, -0.2) is 30.4 Å². The molecule has 2 unspecified atom stereocenters. The SMILES string of the molecule is CC(CCN)O[N+](=O)OC(C)CCN. The van der Waals surface area contributed by atoms with Crippen molar-refractivity contribution in [2.24, 2.45) is 11.5 Å². The number of rotatable bonds is 8. The van der Waals surface area contributed by atoms with Crippen LogP contribution < -0.4 is 11.5 Å². The first-order chi connectivity index (χ1) is 6.60. The second-order valence-corrected chi connectivity index (χ2v) is 3.21. The minimum atomic E-state index is -0.234. The Labute approximate surface area is 84.0 Å². The third-order valence-electron chi connectivity index (χ3n) is 1.68. The van der Waals surface area contributed by atoms with Gasteiger partial charge in [0.05, 0.1) is 0 Å². The number of nitrogens with zero attached hydrogens (tertiary/aromatic N) is 1. The Morgan fingerprint density at radius 2 is 1.43 bits per heavy atom. The highest BCUT2D eigenvalue weighted by molar-refractivity contribution is 4.47. The Morgan fingerprint density at radius 1 is 1.07 bits per heavy atom. The van der Waals surface area contributed by atoms with Crippen molar-refractivity contribution < 1.29 is 14.8 Å². The maximum Gasteiger partial charge on any atom is 0.478 e. The maximum absolute atomic E-state index is 11.0. The van der Waals surface area contributed by atoms with Crippen LogP contribution in [0.15, 0.2) is 0 Å². The molecule has 14 heavy (non-hydrogen) atoms. The Morgan fingerprint density at radius 3 is 1.71 bits per heavy atom. The second-order valence-electron chi connectivity index (χ2n) is 3.21. The summed E-state index contributed by atoms with van der Waals surface area (Å²) in [5.41, 5.74) is 10.6. The standard InChI is InChI=1S/C8H20N3O3/c1-7(3-5-9)13-11(12)14-8(2)4-6-10/h7-8H,3-6,9-10H2,1-2H3/q+1. The van der Waals surface area contributed by atoms with Crippen LogP contribution in [-0.2, 0) is 9.68 Å². The maximum atomic E-state index is 11.0. The first-order valence-electron chi connectivity index (χ1n) is 4.81. The number of nitrogens with two attached hydrogens (primary N) is 2. The van der Waals surface area contributed by atoms with Crippen LogP contribution in [0.1, 0.15) is 26.7 Å². The van der Waals surface area contributed by atoms with Crippen molar-refractivity contribution >= 4 is 0 Å². The first-order valence-corrected chi connectivity index (χ1v) is 4.81. The van der Waals surface area contributed by atoms with Crippen molar-refractivity contribution in [3.05, 3.63) is 4.91 Å². The summed E-state index contributed by atoms with van der Waals surface area (Å²) in [6.45, 7) is 4.48. The molecule has 6 heteroatoms. The van der Waals surface area contributed by atoms with Gasteiger partial charge < -0.3 is 11.5 Å². The van der Waals surface area contributed by atoms with Crippen molar-refractivity contribution in [1.82, 2.24) is 0 Å². The molecular weight excluding hydrogens is 186 g/mol. The van der Waals surface area contributed by atoms with Crippen molar-refractivity contribution in [1.29, 1.82) is 0 Å². The van der Waals surface area contributed by atoms with E-state index in [0.717, 1.165) is 0 Å². The van der Waals surface area contributed by atoms with Gasteiger partial charge in [0.2, 0.25) is 0 Å². The Kier molecular flexibility index (Phi) is 7.04. The summed E-state index contributed by atoms with van der Waals surface area (Å²) in [4.78, 5) is 20.7. The van der Waals surface area contributed by atoms with Gasteiger partial charge in [0.1, 0.15) is 4.91 Å². The van der Waals surface area contributed by atoms with E-state index in [0.29, 0.717) is 25.9 Å². The van der Waals surface area contributed by atoms with Gasteiger partial charge in [0.25, 0.3) is 0 Å². The highest BCUT2D eigenvalue weighted by atomic mass is 17.0. The molecule has 0 aliphatic heterocycles. The molecule has 0 aromatic heterocycles. The summed E-state index contributed by atoms with van der Waals surface area (Å²) in [7, 11) is 0. The van der Waals surface area contributed by atoms with E-state index in [9.17, 15) is 4.91 Å². The molecule has 0 rings (SSSR count). The summed E-state index contributed by atoms with van der Waals surface area (Å²) < 4.78 is 0. The number of hydrogen-bond donors (Lipinski definition) is 2. The Bertz CT molecular complexity index is 150. The number of hydrogen-bond acceptors (Lipinski definition) is 5. The summed E-state index contributed by atoms with van der Waals surface area (Å²) in [5, 5.41) is 0.140. The molecule has 0 aromatic rings. The molecule has 0 saturated heterocycles. The zero-order valence-electron chi connectivity index (χ0n) is 8.81. The van der Waals surface area contributed by atoms with Gasteiger partial charge in [0, 0.05) is 12.8 Å². The first kappa shape index (κ1) is 13.1. The van der Waals surface area contributed by atoms with E-state index < -0.39 is 0 Å². The smallest absolute Gasteiger partial charge is 0.330 e. The molecule has 4 N–H and O–H groups in total.